The Balaban J connectivity index is 1.79. The summed E-state index contributed by atoms with van der Waals surface area (Å²) in [6, 6.07) is 19.1. The molecule has 3 aromatic rings. The van der Waals surface area contributed by atoms with Gasteiger partial charge in [0.05, 0.1) is 16.4 Å². The molecule has 3 aromatic carbocycles. The molecule has 0 saturated carbocycles. The van der Waals surface area contributed by atoms with Crippen LogP contribution < -0.4 is 14.8 Å². The molecule has 0 saturated heterocycles. The Labute approximate surface area is 186 Å². The molecule has 3 rings (SSSR count). The highest BCUT2D eigenvalue weighted by Gasteiger charge is 2.16. The molecule has 0 aromatic heterocycles. The number of rotatable bonds is 6. The van der Waals surface area contributed by atoms with Gasteiger partial charge in [-0.25, -0.2) is 0 Å². The molecule has 0 radical (unpaired) electrons. The van der Waals surface area contributed by atoms with Crippen LogP contribution in [0, 0.1) is 10.5 Å². The quantitative estimate of drug-likeness (QED) is 0.371. The molecule has 0 atom stereocenters. The molecule has 0 aliphatic heterocycles. The van der Waals surface area contributed by atoms with Gasteiger partial charge in [0, 0.05) is 10.0 Å². The van der Waals surface area contributed by atoms with Crippen LogP contribution in [-0.4, -0.2) is 13.0 Å². The van der Waals surface area contributed by atoms with Gasteiger partial charge in [0.2, 0.25) is 0 Å². The molecule has 0 heterocycles. The van der Waals surface area contributed by atoms with Crippen molar-refractivity contribution >= 4 is 50.1 Å². The lowest BCUT2D eigenvalue weighted by atomic mass is 10.1. The smallest absolute Gasteiger partial charge is 0.255 e. The van der Waals surface area contributed by atoms with Crippen LogP contribution in [0.3, 0.4) is 0 Å². The number of benzene rings is 3. The van der Waals surface area contributed by atoms with Crippen molar-refractivity contribution < 1.29 is 14.3 Å². The van der Waals surface area contributed by atoms with E-state index in [2.05, 4.69) is 56.0 Å². The van der Waals surface area contributed by atoms with Gasteiger partial charge in [0.25, 0.3) is 5.91 Å². The third-order valence-corrected chi connectivity index (χ3v) is 5.61. The Morgan fingerprint density at radius 1 is 1.11 bits per heavy atom. The van der Waals surface area contributed by atoms with Gasteiger partial charge in [0.15, 0.2) is 11.5 Å². The minimum Gasteiger partial charge on any atom is -0.493 e. The number of methoxy groups -OCH3 is 1. The van der Waals surface area contributed by atoms with Crippen LogP contribution in [-0.2, 0) is 6.61 Å². The van der Waals surface area contributed by atoms with Crippen LogP contribution in [0.4, 0.5) is 5.69 Å². The van der Waals surface area contributed by atoms with Crippen molar-refractivity contribution in [2.24, 2.45) is 0 Å². The van der Waals surface area contributed by atoms with Crippen LogP contribution in [0.1, 0.15) is 21.5 Å². The number of amides is 1. The van der Waals surface area contributed by atoms with Crippen molar-refractivity contribution in [3.8, 4) is 11.5 Å². The van der Waals surface area contributed by atoms with Gasteiger partial charge in [-0.2, -0.15) is 0 Å². The van der Waals surface area contributed by atoms with Crippen LogP contribution in [0.25, 0.3) is 0 Å². The van der Waals surface area contributed by atoms with E-state index in [4.69, 9.17) is 9.47 Å². The Hall–Kier alpha value is -2.06. The fourth-order valence-corrected chi connectivity index (χ4v) is 3.73. The summed E-state index contributed by atoms with van der Waals surface area (Å²) in [5, 5.41) is 2.90. The van der Waals surface area contributed by atoms with Gasteiger partial charge in [-0.05, 0) is 75.3 Å². The molecule has 0 bridgehead atoms. The number of aryl methyl sites for hydroxylation is 1. The maximum Gasteiger partial charge on any atom is 0.255 e. The van der Waals surface area contributed by atoms with E-state index in [1.165, 1.54) is 5.56 Å². The van der Waals surface area contributed by atoms with Crippen LogP contribution in [0.5, 0.6) is 11.5 Å². The van der Waals surface area contributed by atoms with Gasteiger partial charge >= 0.3 is 0 Å². The summed E-state index contributed by atoms with van der Waals surface area (Å²) in [5.74, 6) is 0.936. The zero-order valence-electron chi connectivity index (χ0n) is 15.5. The fraction of sp³-hybridized carbons (Fsp3) is 0.136. The summed E-state index contributed by atoms with van der Waals surface area (Å²) in [6.07, 6.45) is 0. The molecule has 0 aliphatic carbocycles. The average Bonchev–Trinajstić information content (AvgIpc) is 2.69. The van der Waals surface area contributed by atoms with Gasteiger partial charge in [0.1, 0.15) is 6.61 Å². The lowest BCUT2D eigenvalue weighted by Crippen LogP contribution is -2.13. The Kier molecular flexibility index (Phi) is 6.96. The van der Waals surface area contributed by atoms with Crippen molar-refractivity contribution in [3.05, 3.63) is 85.4 Å². The molecule has 6 heteroatoms. The molecule has 0 unspecified atom stereocenters. The molecule has 28 heavy (non-hydrogen) atoms. The predicted molar refractivity (Wildman–Crippen MR) is 123 cm³/mol. The summed E-state index contributed by atoms with van der Waals surface area (Å²) < 4.78 is 13.1. The first-order chi connectivity index (χ1) is 13.5. The number of carbonyl (C=O) groups is 1. The first-order valence-corrected chi connectivity index (χ1v) is 10.5. The third-order valence-electron chi connectivity index (χ3n) is 4.12. The molecule has 0 spiro atoms. The summed E-state index contributed by atoms with van der Waals surface area (Å²) in [5.41, 5.74) is 3.48. The number of anilines is 1. The highest BCUT2D eigenvalue weighted by Crippen LogP contribution is 2.35. The summed E-state index contributed by atoms with van der Waals surface area (Å²) >= 11 is 5.60. The highest BCUT2D eigenvalue weighted by atomic mass is 127. The van der Waals surface area contributed by atoms with E-state index in [0.717, 1.165) is 13.6 Å². The predicted octanol–water partition coefficient (Wildman–Crippen LogP) is 6.20. The average molecular weight is 552 g/mol. The number of para-hydroxylation sites is 1. The second-order valence-electron chi connectivity index (χ2n) is 6.20. The minimum atomic E-state index is -0.215. The molecular formula is C22H19BrINO3. The summed E-state index contributed by atoms with van der Waals surface area (Å²) in [7, 11) is 1.57. The molecule has 0 aliphatic rings. The van der Waals surface area contributed by atoms with E-state index in [1.54, 1.807) is 19.2 Å². The number of halogens is 2. The van der Waals surface area contributed by atoms with Gasteiger partial charge in [-0.3, -0.25) is 4.79 Å². The molecule has 144 valence electrons. The molecule has 4 nitrogen and oxygen atoms in total. The van der Waals surface area contributed by atoms with Crippen molar-refractivity contribution in [1.82, 2.24) is 0 Å². The van der Waals surface area contributed by atoms with Crippen molar-refractivity contribution in [3.63, 3.8) is 0 Å². The second kappa shape index (κ2) is 9.43. The molecule has 1 N–H and O–H groups in total. The maximum atomic E-state index is 12.7. The van der Waals surface area contributed by atoms with Crippen LogP contribution in [0.15, 0.2) is 65.1 Å². The summed E-state index contributed by atoms with van der Waals surface area (Å²) in [4.78, 5) is 12.7. The lowest BCUT2D eigenvalue weighted by molar-refractivity contribution is 0.102. The first-order valence-electron chi connectivity index (χ1n) is 8.59. The zero-order chi connectivity index (χ0) is 20.1. The van der Waals surface area contributed by atoms with E-state index in [0.29, 0.717) is 29.4 Å². The summed E-state index contributed by atoms with van der Waals surface area (Å²) in [6.45, 7) is 2.48. The van der Waals surface area contributed by atoms with Gasteiger partial charge in [-0.15, -0.1) is 0 Å². The topological polar surface area (TPSA) is 47.6 Å². The Morgan fingerprint density at radius 2 is 1.82 bits per heavy atom. The SMILES string of the molecule is COc1cc(C(=O)Nc2ccccc2Br)cc(I)c1OCc1ccc(C)cc1. The number of hydrogen-bond donors (Lipinski definition) is 1. The van der Waals surface area contributed by atoms with Crippen LogP contribution in [0.2, 0.25) is 0 Å². The normalized spacial score (nSPS) is 10.4. The highest BCUT2D eigenvalue weighted by molar-refractivity contribution is 14.1. The lowest BCUT2D eigenvalue weighted by Gasteiger charge is -2.15. The standard InChI is InChI=1S/C22H19BrINO3/c1-14-7-9-15(10-8-14)13-28-21-18(24)11-16(12-20(21)27-2)22(26)25-19-6-4-3-5-17(19)23/h3-12H,13H2,1-2H3,(H,25,26). The molecular weight excluding hydrogens is 533 g/mol. The second-order valence-corrected chi connectivity index (χ2v) is 8.21. The molecule has 0 fully saturated rings. The van der Waals surface area contributed by atoms with Gasteiger partial charge in [-0.1, -0.05) is 42.0 Å². The number of carbonyl (C=O) groups excluding carboxylic acids is 1. The Bertz CT molecular complexity index is 990. The monoisotopic (exact) mass is 551 g/mol. The van der Waals surface area contributed by atoms with E-state index < -0.39 is 0 Å². The third kappa shape index (κ3) is 5.05. The molecule has 1 amide bonds. The van der Waals surface area contributed by atoms with E-state index in [9.17, 15) is 4.79 Å². The van der Waals surface area contributed by atoms with Crippen LogP contribution >= 0.6 is 38.5 Å². The van der Waals surface area contributed by atoms with E-state index >= 15 is 0 Å². The minimum absolute atomic E-state index is 0.215. The first kappa shape index (κ1) is 20.7. The van der Waals surface area contributed by atoms with E-state index in [-0.39, 0.29) is 5.91 Å². The number of ether oxygens (including phenoxy) is 2. The fourth-order valence-electron chi connectivity index (χ4n) is 2.59. The van der Waals surface area contributed by atoms with Crippen molar-refractivity contribution in [2.45, 2.75) is 13.5 Å². The maximum absolute atomic E-state index is 12.7. The van der Waals surface area contributed by atoms with Crippen molar-refractivity contribution in [2.75, 3.05) is 12.4 Å². The van der Waals surface area contributed by atoms with E-state index in [1.807, 2.05) is 43.3 Å². The largest absolute Gasteiger partial charge is 0.493 e. The van der Waals surface area contributed by atoms with Crippen molar-refractivity contribution in [1.29, 1.82) is 0 Å². The number of hydrogen-bond acceptors (Lipinski definition) is 3. The number of nitrogens with one attached hydrogen (secondary N) is 1. The van der Waals surface area contributed by atoms with Gasteiger partial charge < -0.3 is 14.8 Å². The zero-order valence-corrected chi connectivity index (χ0v) is 19.2. The Morgan fingerprint density at radius 3 is 2.50 bits per heavy atom.